The molecular weight excluding hydrogens is 242 g/mol. The minimum atomic E-state index is -1.28. The van der Waals surface area contributed by atoms with Gasteiger partial charge in [0, 0.05) is 11.8 Å². The van der Waals surface area contributed by atoms with E-state index >= 15 is 0 Å². The van der Waals surface area contributed by atoms with Crippen LogP contribution in [0.1, 0.15) is 13.8 Å². The summed E-state index contributed by atoms with van der Waals surface area (Å²) in [6, 6.07) is 1.98. The van der Waals surface area contributed by atoms with E-state index in [1.165, 1.54) is 0 Å². The molecule has 4 nitrogen and oxygen atoms in total. The van der Waals surface area contributed by atoms with Crippen LogP contribution in [0.5, 0.6) is 0 Å². The van der Waals surface area contributed by atoms with Crippen molar-refractivity contribution in [3.63, 3.8) is 0 Å². The molecule has 2 amide bonds. The van der Waals surface area contributed by atoms with Crippen molar-refractivity contribution >= 4 is 23.2 Å². The molecule has 0 aliphatic carbocycles. The van der Waals surface area contributed by atoms with Gasteiger partial charge in [-0.2, -0.15) is 0 Å². The normalized spacial score (nSPS) is 23.9. The number of imide groups is 1. The summed E-state index contributed by atoms with van der Waals surface area (Å²) in [5.74, 6) is -4.70. The van der Waals surface area contributed by atoms with Crippen LogP contribution < -0.4 is 10.6 Å². The maximum atomic E-state index is 13.7. The quantitative estimate of drug-likeness (QED) is 0.612. The summed E-state index contributed by atoms with van der Waals surface area (Å²) < 4.78 is 26.9. The average Bonchev–Trinajstić information content (AvgIpc) is 2.52. The third kappa shape index (κ3) is 1.56. The zero-order valence-electron chi connectivity index (χ0n) is 9.91. The van der Waals surface area contributed by atoms with E-state index in [1.807, 2.05) is 0 Å². The highest BCUT2D eigenvalue weighted by Gasteiger charge is 2.45. The molecule has 0 radical (unpaired) electrons. The van der Waals surface area contributed by atoms with Gasteiger partial charge in [-0.05, 0) is 12.1 Å². The lowest BCUT2D eigenvalue weighted by atomic mass is 10.00. The summed E-state index contributed by atoms with van der Waals surface area (Å²) in [5, 5.41) is 0. The Labute approximate surface area is 102 Å². The highest BCUT2D eigenvalue weighted by Crippen LogP contribution is 2.36. The van der Waals surface area contributed by atoms with Gasteiger partial charge in [0.15, 0.2) is 11.6 Å². The largest absolute Gasteiger partial charge is 0.397 e. The van der Waals surface area contributed by atoms with Crippen molar-refractivity contribution in [2.24, 2.45) is 11.8 Å². The Kier molecular flexibility index (Phi) is 2.80. The number of halogens is 2. The number of hydrogen-bond acceptors (Lipinski definition) is 3. The van der Waals surface area contributed by atoms with Crippen molar-refractivity contribution in [2.45, 2.75) is 13.8 Å². The molecule has 1 aliphatic rings. The molecule has 0 aromatic heterocycles. The van der Waals surface area contributed by atoms with Crippen LogP contribution in [0.25, 0.3) is 0 Å². The number of nitrogens with two attached hydrogens (primary N) is 1. The summed E-state index contributed by atoms with van der Waals surface area (Å²) in [6.07, 6.45) is 0. The molecule has 1 saturated heterocycles. The van der Waals surface area contributed by atoms with Crippen molar-refractivity contribution in [3.05, 3.63) is 23.8 Å². The summed E-state index contributed by atoms with van der Waals surface area (Å²) in [4.78, 5) is 24.4. The fourth-order valence-corrected chi connectivity index (χ4v) is 1.95. The van der Waals surface area contributed by atoms with E-state index in [4.69, 9.17) is 5.73 Å². The van der Waals surface area contributed by atoms with Crippen LogP contribution in [0.3, 0.4) is 0 Å². The predicted molar refractivity (Wildman–Crippen MR) is 61.6 cm³/mol. The highest BCUT2D eigenvalue weighted by atomic mass is 19.2. The first kappa shape index (κ1) is 12.5. The number of nitrogen functional groups attached to an aromatic ring is 1. The van der Waals surface area contributed by atoms with E-state index in [0.717, 1.165) is 12.1 Å². The smallest absolute Gasteiger partial charge is 0.237 e. The molecule has 6 heteroatoms. The number of rotatable bonds is 1. The molecule has 2 N–H and O–H groups in total. The monoisotopic (exact) mass is 254 g/mol. The predicted octanol–water partition coefficient (Wildman–Crippen LogP) is 1.69. The molecule has 2 unspecified atom stereocenters. The van der Waals surface area contributed by atoms with Crippen LogP contribution in [0, 0.1) is 23.5 Å². The Morgan fingerprint density at radius 2 is 1.61 bits per heavy atom. The minimum absolute atomic E-state index is 0.142. The van der Waals surface area contributed by atoms with E-state index in [-0.39, 0.29) is 5.69 Å². The Morgan fingerprint density at radius 3 is 2.11 bits per heavy atom. The Bertz CT molecular complexity index is 525. The van der Waals surface area contributed by atoms with Crippen LogP contribution in [0.2, 0.25) is 0 Å². The topological polar surface area (TPSA) is 63.4 Å². The molecule has 1 heterocycles. The van der Waals surface area contributed by atoms with Gasteiger partial charge >= 0.3 is 0 Å². The maximum absolute atomic E-state index is 13.7. The molecule has 1 aliphatic heterocycles. The van der Waals surface area contributed by atoms with E-state index in [1.54, 1.807) is 13.8 Å². The van der Waals surface area contributed by atoms with E-state index in [2.05, 4.69) is 0 Å². The number of carbonyl (C=O) groups excluding carboxylic acids is 2. The van der Waals surface area contributed by atoms with Gasteiger partial charge in [0.05, 0.1) is 5.69 Å². The summed E-state index contributed by atoms with van der Waals surface area (Å²) in [7, 11) is 0. The number of anilines is 2. The number of hydrogen-bond donors (Lipinski definition) is 1. The van der Waals surface area contributed by atoms with Gasteiger partial charge in [0.2, 0.25) is 11.8 Å². The summed E-state index contributed by atoms with van der Waals surface area (Å²) in [6.45, 7) is 3.14. The lowest BCUT2D eigenvalue weighted by molar-refractivity contribution is -0.122. The number of nitrogens with zero attached hydrogens (tertiary/aromatic N) is 1. The minimum Gasteiger partial charge on any atom is -0.397 e. The number of amides is 2. The highest BCUT2D eigenvalue weighted by molar-refractivity contribution is 6.23. The second kappa shape index (κ2) is 4.04. The van der Waals surface area contributed by atoms with Crippen molar-refractivity contribution in [2.75, 3.05) is 10.6 Å². The van der Waals surface area contributed by atoms with Crippen molar-refractivity contribution in [1.29, 1.82) is 0 Å². The second-order valence-corrected chi connectivity index (χ2v) is 4.39. The SMILES string of the molecule is CC1C(=O)N(c2c(N)ccc(F)c2F)C(=O)C1C. The van der Waals surface area contributed by atoms with Crippen molar-refractivity contribution in [3.8, 4) is 0 Å². The third-order valence-corrected chi connectivity index (χ3v) is 3.29. The first-order valence-corrected chi connectivity index (χ1v) is 5.47. The second-order valence-electron chi connectivity index (χ2n) is 4.39. The average molecular weight is 254 g/mol. The first-order chi connectivity index (χ1) is 8.36. The van der Waals surface area contributed by atoms with Crippen LogP contribution in [-0.4, -0.2) is 11.8 Å². The van der Waals surface area contributed by atoms with Gasteiger partial charge in [0.1, 0.15) is 5.69 Å². The summed E-state index contributed by atoms with van der Waals surface area (Å²) in [5.41, 5.74) is 4.91. The first-order valence-electron chi connectivity index (χ1n) is 5.47. The maximum Gasteiger partial charge on any atom is 0.237 e. The molecular formula is C12H12F2N2O2. The van der Waals surface area contributed by atoms with Gasteiger partial charge in [-0.1, -0.05) is 13.8 Å². The molecule has 1 aromatic rings. The van der Waals surface area contributed by atoms with Crippen LogP contribution in [-0.2, 0) is 9.59 Å². The molecule has 1 fully saturated rings. The van der Waals surface area contributed by atoms with Gasteiger partial charge in [-0.15, -0.1) is 0 Å². The van der Waals surface area contributed by atoms with Crippen LogP contribution in [0.4, 0.5) is 20.2 Å². The van der Waals surface area contributed by atoms with Gasteiger partial charge < -0.3 is 5.73 Å². The van der Waals surface area contributed by atoms with Gasteiger partial charge in [-0.3, -0.25) is 9.59 Å². The van der Waals surface area contributed by atoms with E-state index in [0.29, 0.717) is 4.90 Å². The molecule has 2 atom stereocenters. The molecule has 1 aromatic carbocycles. The van der Waals surface area contributed by atoms with Crippen molar-refractivity contribution < 1.29 is 18.4 Å². The molecule has 0 spiro atoms. The molecule has 0 bridgehead atoms. The molecule has 96 valence electrons. The van der Waals surface area contributed by atoms with Crippen LogP contribution in [0.15, 0.2) is 12.1 Å². The zero-order chi connectivity index (χ0) is 13.6. The number of carbonyl (C=O) groups is 2. The van der Waals surface area contributed by atoms with E-state index < -0.39 is 41.0 Å². The van der Waals surface area contributed by atoms with Crippen molar-refractivity contribution in [1.82, 2.24) is 0 Å². The lowest BCUT2D eigenvalue weighted by Gasteiger charge is -2.17. The lowest BCUT2D eigenvalue weighted by Crippen LogP contribution is -2.32. The fraction of sp³-hybridized carbons (Fsp3) is 0.333. The molecule has 18 heavy (non-hydrogen) atoms. The fourth-order valence-electron chi connectivity index (χ4n) is 1.95. The Hall–Kier alpha value is -1.98. The van der Waals surface area contributed by atoms with Gasteiger partial charge in [0.25, 0.3) is 0 Å². The van der Waals surface area contributed by atoms with Crippen LogP contribution >= 0.6 is 0 Å². The molecule has 0 saturated carbocycles. The summed E-state index contributed by atoms with van der Waals surface area (Å²) >= 11 is 0. The Morgan fingerprint density at radius 1 is 1.11 bits per heavy atom. The molecule has 2 rings (SSSR count). The van der Waals surface area contributed by atoms with E-state index in [9.17, 15) is 18.4 Å². The third-order valence-electron chi connectivity index (χ3n) is 3.29. The standard InChI is InChI=1S/C12H12F2N2O2/c1-5-6(2)12(18)16(11(5)17)10-8(15)4-3-7(13)9(10)14/h3-6H,15H2,1-2H3. The zero-order valence-corrected chi connectivity index (χ0v) is 9.91. The number of benzene rings is 1. The Balaban J connectivity index is 2.60. The van der Waals surface area contributed by atoms with Gasteiger partial charge in [-0.25, -0.2) is 13.7 Å².